The van der Waals surface area contributed by atoms with E-state index in [0.717, 1.165) is 18.4 Å². The zero-order valence-corrected chi connectivity index (χ0v) is 15.6. The fourth-order valence-corrected chi connectivity index (χ4v) is 6.02. The zero-order valence-electron chi connectivity index (χ0n) is 15.6. The quantitative estimate of drug-likeness (QED) is 0.814. The van der Waals surface area contributed by atoms with Crippen molar-refractivity contribution < 1.29 is 19.1 Å². The van der Waals surface area contributed by atoms with E-state index in [9.17, 15) is 0 Å². The van der Waals surface area contributed by atoms with Crippen molar-refractivity contribution in [2.24, 2.45) is 11.8 Å². The smallest absolute Gasteiger partial charge is 0.147 e. The van der Waals surface area contributed by atoms with E-state index in [0.29, 0.717) is 18.8 Å². The molecule has 5 nitrogen and oxygen atoms in total. The predicted octanol–water partition coefficient (Wildman–Crippen LogP) is 0.540. The second-order valence-electron chi connectivity index (χ2n) is 8.59. The molecule has 24 heavy (non-hydrogen) atoms. The molecule has 0 spiro atoms. The van der Waals surface area contributed by atoms with Crippen molar-refractivity contribution in [3.63, 3.8) is 0 Å². The minimum absolute atomic E-state index is 0.140. The summed E-state index contributed by atoms with van der Waals surface area (Å²) < 4.78 is 17.8. The van der Waals surface area contributed by atoms with Crippen molar-refractivity contribution in [1.82, 2.24) is 4.90 Å². The Morgan fingerprint density at radius 3 is 2.88 bits per heavy atom. The lowest BCUT2D eigenvalue weighted by Crippen LogP contribution is -3.14. The zero-order chi connectivity index (χ0) is 16.7. The number of rotatable bonds is 3. The van der Waals surface area contributed by atoms with Crippen molar-refractivity contribution >= 4 is 0 Å². The molecular formula is C19H35N2O3+. The molecule has 3 aliphatic heterocycles. The summed E-state index contributed by atoms with van der Waals surface area (Å²) in [6, 6.07) is 1.43. The molecule has 3 saturated heterocycles. The summed E-state index contributed by atoms with van der Waals surface area (Å²) in [7, 11) is 6.59. The van der Waals surface area contributed by atoms with Gasteiger partial charge in [0.1, 0.15) is 12.9 Å². The summed E-state index contributed by atoms with van der Waals surface area (Å²) in [5.41, 5.74) is 0. The third-order valence-corrected chi connectivity index (χ3v) is 7.42. The maximum Gasteiger partial charge on any atom is 0.147 e. The van der Waals surface area contributed by atoms with Crippen LogP contribution in [0.1, 0.15) is 38.5 Å². The maximum absolute atomic E-state index is 6.03. The minimum Gasteiger partial charge on any atom is -0.378 e. The number of hydrogen-bond acceptors (Lipinski definition) is 4. The minimum atomic E-state index is 0.140. The molecule has 0 radical (unpaired) electrons. The van der Waals surface area contributed by atoms with E-state index in [-0.39, 0.29) is 18.3 Å². The monoisotopic (exact) mass is 339 g/mol. The highest BCUT2D eigenvalue weighted by Gasteiger charge is 2.53. The molecule has 1 saturated carbocycles. The first-order valence-electron chi connectivity index (χ1n) is 9.97. The Hall–Kier alpha value is -0.200. The van der Waals surface area contributed by atoms with Gasteiger partial charge in [-0.2, -0.15) is 0 Å². The number of quaternary nitrogens is 1. The molecule has 138 valence electrons. The van der Waals surface area contributed by atoms with Crippen LogP contribution in [0.2, 0.25) is 0 Å². The number of ether oxygens (including phenoxy) is 3. The fraction of sp³-hybridized carbons (Fsp3) is 1.00. The summed E-state index contributed by atoms with van der Waals surface area (Å²) in [6.45, 7) is 3.00. The van der Waals surface area contributed by atoms with Gasteiger partial charge in [-0.1, -0.05) is 0 Å². The van der Waals surface area contributed by atoms with Gasteiger partial charge in [-0.25, -0.2) is 0 Å². The predicted molar refractivity (Wildman–Crippen MR) is 92.1 cm³/mol. The molecule has 0 aromatic carbocycles. The van der Waals surface area contributed by atoms with Crippen molar-refractivity contribution in [2.45, 2.75) is 68.9 Å². The standard InChI is InChI=1S/C19H34N2O3/c1-20-8-5-4-6-14(20)11-15-17-13(7-9-21(15)2)10-16-18(19(17)22-3)24-12-23-16/h13-19H,4-12H2,1-3H3/p+1/t13?,14?,15-,16?,17?,18?,19?/m1/s1. The molecule has 8 atom stereocenters. The normalized spacial score (nSPS) is 49.6. The first-order valence-corrected chi connectivity index (χ1v) is 9.97. The second-order valence-corrected chi connectivity index (χ2v) is 8.59. The van der Waals surface area contributed by atoms with E-state index < -0.39 is 0 Å². The van der Waals surface area contributed by atoms with E-state index in [1.54, 1.807) is 4.90 Å². The molecule has 4 rings (SSSR count). The molecule has 0 aromatic heterocycles. The van der Waals surface area contributed by atoms with Gasteiger partial charge in [0.25, 0.3) is 0 Å². The van der Waals surface area contributed by atoms with E-state index in [4.69, 9.17) is 14.2 Å². The highest BCUT2D eigenvalue weighted by atomic mass is 16.7. The van der Waals surface area contributed by atoms with Crippen LogP contribution in [-0.4, -0.2) is 76.4 Å². The Balaban J connectivity index is 1.54. The van der Waals surface area contributed by atoms with E-state index >= 15 is 0 Å². The molecule has 7 unspecified atom stereocenters. The first kappa shape index (κ1) is 17.2. The third-order valence-electron chi connectivity index (χ3n) is 7.42. The lowest BCUT2D eigenvalue weighted by molar-refractivity contribution is -0.912. The lowest BCUT2D eigenvalue weighted by Gasteiger charge is -2.52. The van der Waals surface area contributed by atoms with Crippen LogP contribution in [0.4, 0.5) is 0 Å². The van der Waals surface area contributed by atoms with Crippen LogP contribution >= 0.6 is 0 Å². The number of methoxy groups -OCH3 is 1. The van der Waals surface area contributed by atoms with Crippen molar-refractivity contribution in [1.29, 1.82) is 0 Å². The van der Waals surface area contributed by atoms with Gasteiger partial charge < -0.3 is 24.0 Å². The van der Waals surface area contributed by atoms with Crippen LogP contribution in [0, 0.1) is 11.8 Å². The molecular weight excluding hydrogens is 304 g/mol. The molecule has 0 bridgehead atoms. The Kier molecular flexibility index (Phi) is 5.17. The molecule has 1 N–H and O–H groups in total. The van der Waals surface area contributed by atoms with Gasteiger partial charge in [-0.05, 0) is 51.6 Å². The van der Waals surface area contributed by atoms with Crippen molar-refractivity contribution in [3.05, 3.63) is 0 Å². The van der Waals surface area contributed by atoms with Crippen LogP contribution in [-0.2, 0) is 14.2 Å². The Labute approximate surface area is 146 Å². The van der Waals surface area contributed by atoms with Crippen LogP contribution in [0.15, 0.2) is 0 Å². The number of nitrogens with zero attached hydrogens (tertiary/aromatic N) is 1. The van der Waals surface area contributed by atoms with Crippen LogP contribution in [0.25, 0.3) is 0 Å². The van der Waals surface area contributed by atoms with Gasteiger partial charge in [-0.15, -0.1) is 0 Å². The number of piperidine rings is 2. The van der Waals surface area contributed by atoms with Gasteiger partial charge in [0.15, 0.2) is 0 Å². The third kappa shape index (κ3) is 3.03. The van der Waals surface area contributed by atoms with Gasteiger partial charge in [0.05, 0.1) is 31.8 Å². The topological polar surface area (TPSA) is 35.4 Å². The summed E-state index contributed by atoms with van der Waals surface area (Å²) in [6.07, 6.45) is 8.51. The number of nitrogens with one attached hydrogen (secondary N) is 1. The van der Waals surface area contributed by atoms with E-state index in [1.165, 1.54) is 45.2 Å². The average molecular weight is 340 g/mol. The number of likely N-dealkylation sites (tertiary alicyclic amines) is 2. The molecule has 1 aliphatic carbocycles. The maximum atomic E-state index is 6.03. The van der Waals surface area contributed by atoms with Gasteiger partial charge in [0.2, 0.25) is 0 Å². The van der Waals surface area contributed by atoms with E-state index in [2.05, 4.69) is 19.0 Å². The summed E-state index contributed by atoms with van der Waals surface area (Å²) >= 11 is 0. The average Bonchev–Trinajstić information content (AvgIpc) is 3.05. The second kappa shape index (κ2) is 7.20. The van der Waals surface area contributed by atoms with E-state index in [1.807, 2.05) is 7.11 Å². The molecule has 0 aromatic rings. The molecule has 3 heterocycles. The Morgan fingerprint density at radius 1 is 1.21 bits per heavy atom. The summed E-state index contributed by atoms with van der Waals surface area (Å²) in [5, 5.41) is 0. The van der Waals surface area contributed by atoms with Gasteiger partial charge in [0, 0.05) is 25.5 Å². The number of hydrogen-bond donors (Lipinski definition) is 1. The van der Waals surface area contributed by atoms with Crippen molar-refractivity contribution in [3.8, 4) is 0 Å². The first-order chi connectivity index (χ1) is 11.7. The molecule has 0 amide bonds. The SMILES string of the molecule is COC1C2OCOC2CC2CCN(C)[C@H](CC3CCCC[NH+]3C)C21. The number of fused-ring (bicyclic) bond motifs is 2. The lowest BCUT2D eigenvalue weighted by atomic mass is 9.66. The highest BCUT2D eigenvalue weighted by molar-refractivity contribution is 5.03. The fourth-order valence-electron chi connectivity index (χ4n) is 6.02. The summed E-state index contributed by atoms with van der Waals surface area (Å²) in [5.74, 6) is 1.31. The molecule has 4 aliphatic rings. The molecule has 5 heteroatoms. The van der Waals surface area contributed by atoms with Crippen LogP contribution in [0.3, 0.4) is 0 Å². The van der Waals surface area contributed by atoms with Gasteiger partial charge in [-0.3, -0.25) is 0 Å². The van der Waals surface area contributed by atoms with Crippen LogP contribution in [0.5, 0.6) is 0 Å². The van der Waals surface area contributed by atoms with Crippen molar-refractivity contribution in [2.75, 3.05) is 41.1 Å². The van der Waals surface area contributed by atoms with Crippen LogP contribution < -0.4 is 4.90 Å². The summed E-state index contributed by atoms with van der Waals surface area (Å²) in [4.78, 5) is 4.35. The largest absolute Gasteiger partial charge is 0.378 e. The Bertz CT molecular complexity index is 435. The Morgan fingerprint density at radius 2 is 2.08 bits per heavy atom. The molecule has 4 fully saturated rings. The van der Waals surface area contributed by atoms with Gasteiger partial charge >= 0.3 is 0 Å². The highest BCUT2D eigenvalue weighted by Crippen LogP contribution is 2.45.